The Morgan fingerprint density at radius 3 is 1.71 bits per heavy atom. The molecule has 2 fully saturated rings. The average Bonchev–Trinajstić information content (AvgIpc) is 2.77. The van der Waals surface area contributed by atoms with E-state index < -0.39 is 0 Å². The highest BCUT2D eigenvalue weighted by atomic mass is 15.2. The minimum absolute atomic E-state index is 0.709. The zero-order chi connectivity index (χ0) is 13.3. The summed E-state index contributed by atoms with van der Waals surface area (Å²) in [4.78, 5) is 5.09. The Kier molecular flexibility index (Phi) is 8.89. The quantitative estimate of drug-likeness (QED) is 0.694. The van der Waals surface area contributed by atoms with Crippen LogP contribution in [0.25, 0.3) is 0 Å². The van der Waals surface area contributed by atoms with Gasteiger partial charge in [-0.15, -0.1) is 0 Å². The van der Waals surface area contributed by atoms with Crippen molar-refractivity contribution >= 4 is 0 Å². The highest BCUT2D eigenvalue weighted by molar-refractivity contribution is 4.92. The largest absolute Gasteiger partial charge is 0.306 e. The zero-order valence-corrected chi connectivity index (χ0v) is 13.1. The van der Waals surface area contributed by atoms with E-state index in [0.717, 1.165) is 0 Å². The normalized spacial score (nSPS) is 23.6. The maximum atomic E-state index is 2.59. The molecule has 17 heavy (non-hydrogen) atoms. The summed E-state index contributed by atoms with van der Waals surface area (Å²) in [6, 6.07) is 0. The summed E-state index contributed by atoms with van der Waals surface area (Å²) in [6.07, 6.45) is 4.32. The van der Waals surface area contributed by atoms with Crippen LogP contribution >= 0.6 is 0 Å². The molecule has 0 radical (unpaired) electrons. The number of nitrogens with zero attached hydrogens (tertiary/aromatic N) is 2. The first-order valence-electron chi connectivity index (χ1n) is 7.65. The van der Waals surface area contributed by atoms with Gasteiger partial charge in [0.05, 0.1) is 0 Å². The molecule has 0 aromatic carbocycles. The van der Waals surface area contributed by atoms with E-state index in [-0.39, 0.29) is 0 Å². The van der Waals surface area contributed by atoms with Crippen LogP contribution in [0.1, 0.15) is 53.9 Å². The third-order valence-corrected chi connectivity index (χ3v) is 3.99. The van der Waals surface area contributed by atoms with E-state index >= 15 is 0 Å². The third kappa shape index (κ3) is 4.97. The monoisotopic (exact) mass is 242 g/mol. The SMILES string of the molecule is CC.CC.CCN1CCC2(CCN(C)C2)CC1. The van der Waals surface area contributed by atoms with Gasteiger partial charge >= 0.3 is 0 Å². The van der Waals surface area contributed by atoms with Gasteiger partial charge in [0.2, 0.25) is 0 Å². The molecule has 0 saturated carbocycles. The molecule has 0 amide bonds. The fourth-order valence-electron chi connectivity index (χ4n) is 2.91. The molecule has 0 aromatic rings. The molecule has 0 aromatic heterocycles. The van der Waals surface area contributed by atoms with Crippen LogP contribution in [-0.4, -0.2) is 49.6 Å². The summed E-state index contributed by atoms with van der Waals surface area (Å²) < 4.78 is 0. The molecular weight excluding hydrogens is 208 g/mol. The van der Waals surface area contributed by atoms with Crippen LogP contribution in [0.15, 0.2) is 0 Å². The summed E-state index contributed by atoms with van der Waals surface area (Å²) >= 11 is 0. The van der Waals surface area contributed by atoms with E-state index in [0.29, 0.717) is 5.41 Å². The summed E-state index contributed by atoms with van der Waals surface area (Å²) in [5.41, 5.74) is 0.709. The number of piperidine rings is 1. The zero-order valence-electron chi connectivity index (χ0n) is 13.1. The van der Waals surface area contributed by atoms with Crippen molar-refractivity contribution in [1.29, 1.82) is 0 Å². The Labute approximate surface area is 109 Å². The first-order valence-corrected chi connectivity index (χ1v) is 7.65. The first-order chi connectivity index (χ1) is 8.24. The Morgan fingerprint density at radius 1 is 0.882 bits per heavy atom. The van der Waals surface area contributed by atoms with Gasteiger partial charge in [0, 0.05) is 6.54 Å². The Hall–Kier alpha value is -0.0800. The molecule has 2 rings (SSSR count). The molecular formula is C15H34N2. The van der Waals surface area contributed by atoms with Crippen LogP contribution in [0.5, 0.6) is 0 Å². The van der Waals surface area contributed by atoms with Crippen molar-refractivity contribution in [3.8, 4) is 0 Å². The molecule has 2 aliphatic rings. The maximum Gasteiger partial charge on any atom is 0.00364 e. The predicted octanol–water partition coefficient (Wildman–Crippen LogP) is 3.48. The fraction of sp³-hybridized carbons (Fsp3) is 1.00. The van der Waals surface area contributed by atoms with Gasteiger partial charge in [-0.3, -0.25) is 0 Å². The average molecular weight is 242 g/mol. The summed E-state index contributed by atoms with van der Waals surface area (Å²) in [7, 11) is 2.26. The maximum absolute atomic E-state index is 2.59. The molecule has 2 saturated heterocycles. The second-order valence-electron chi connectivity index (χ2n) is 4.92. The number of rotatable bonds is 1. The topological polar surface area (TPSA) is 6.48 Å². The van der Waals surface area contributed by atoms with Crippen molar-refractivity contribution in [1.82, 2.24) is 9.80 Å². The highest BCUT2D eigenvalue weighted by Crippen LogP contribution is 2.39. The Balaban J connectivity index is 0.000000581. The number of hydrogen-bond donors (Lipinski definition) is 0. The molecule has 2 heteroatoms. The highest BCUT2D eigenvalue weighted by Gasteiger charge is 2.38. The van der Waals surface area contributed by atoms with Crippen LogP contribution in [0.4, 0.5) is 0 Å². The van der Waals surface area contributed by atoms with Crippen LogP contribution < -0.4 is 0 Å². The molecule has 2 heterocycles. The van der Waals surface area contributed by atoms with Gasteiger partial charge in [-0.2, -0.15) is 0 Å². The van der Waals surface area contributed by atoms with E-state index in [1.807, 2.05) is 27.7 Å². The Morgan fingerprint density at radius 2 is 1.35 bits per heavy atom. The lowest BCUT2D eigenvalue weighted by atomic mass is 9.78. The molecule has 2 nitrogen and oxygen atoms in total. The van der Waals surface area contributed by atoms with Gasteiger partial charge in [0.15, 0.2) is 0 Å². The fourth-order valence-corrected chi connectivity index (χ4v) is 2.91. The smallest absolute Gasteiger partial charge is 0.00364 e. The van der Waals surface area contributed by atoms with Crippen molar-refractivity contribution in [3.63, 3.8) is 0 Å². The van der Waals surface area contributed by atoms with Gasteiger partial charge in [-0.1, -0.05) is 34.6 Å². The van der Waals surface area contributed by atoms with Crippen LogP contribution in [-0.2, 0) is 0 Å². The lowest BCUT2D eigenvalue weighted by molar-refractivity contribution is 0.115. The van der Waals surface area contributed by atoms with E-state index in [9.17, 15) is 0 Å². The number of hydrogen-bond acceptors (Lipinski definition) is 2. The van der Waals surface area contributed by atoms with E-state index in [4.69, 9.17) is 0 Å². The van der Waals surface area contributed by atoms with Gasteiger partial charge in [0.25, 0.3) is 0 Å². The van der Waals surface area contributed by atoms with E-state index in [2.05, 4.69) is 23.8 Å². The summed E-state index contributed by atoms with van der Waals surface area (Å²) in [5.74, 6) is 0. The van der Waals surface area contributed by atoms with Crippen LogP contribution in [0, 0.1) is 5.41 Å². The minimum atomic E-state index is 0.709. The van der Waals surface area contributed by atoms with Crippen molar-refractivity contribution in [3.05, 3.63) is 0 Å². The van der Waals surface area contributed by atoms with Gasteiger partial charge in [0.1, 0.15) is 0 Å². The summed E-state index contributed by atoms with van der Waals surface area (Å²) in [6.45, 7) is 16.9. The predicted molar refractivity (Wildman–Crippen MR) is 78.6 cm³/mol. The lowest BCUT2D eigenvalue weighted by Gasteiger charge is -2.38. The Bertz CT molecular complexity index is 172. The lowest BCUT2D eigenvalue weighted by Crippen LogP contribution is -2.41. The molecule has 2 aliphatic heterocycles. The van der Waals surface area contributed by atoms with Crippen LogP contribution in [0.2, 0.25) is 0 Å². The molecule has 0 unspecified atom stereocenters. The first kappa shape index (κ1) is 16.9. The van der Waals surface area contributed by atoms with E-state index in [1.165, 1.54) is 52.0 Å². The third-order valence-electron chi connectivity index (χ3n) is 3.99. The van der Waals surface area contributed by atoms with Gasteiger partial charge in [-0.25, -0.2) is 0 Å². The molecule has 0 bridgehead atoms. The minimum Gasteiger partial charge on any atom is -0.306 e. The molecule has 0 N–H and O–H groups in total. The molecule has 0 atom stereocenters. The molecule has 0 aliphatic carbocycles. The number of likely N-dealkylation sites (tertiary alicyclic amines) is 2. The van der Waals surface area contributed by atoms with E-state index in [1.54, 1.807) is 0 Å². The van der Waals surface area contributed by atoms with Gasteiger partial charge in [-0.05, 0) is 57.9 Å². The van der Waals surface area contributed by atoms with Crippen molar-refractivity contribution in [2.75, 3.05) is 39.8 Å². The van der Waals surface area contributed by atoms with Crippen molar-refractivity contribution in [2.45, 2.75) is 53.9 Å². The standard InChI is InChI=1S/C11H22N2.2C2H6/c1-3-13-8-5-11(6-9-13)4-7-12(2)10-11;2*1-2/h3-10H2,1-2H3;2*1-2H3. The van der Waals surface area contributed by atoms with Crippen LogP contribution in [0.3, 0.4) is 0 Å². The second-order valence-corrected chi connectivity index (χ2v) is 4.92. The van der Waals surface area contributed by atoms with Crippen molar-refractivity contribution < 1.29 is 0 Å². The second kappa shape index (κ2) is 8.93. The van der Waals surface area contributed by atoms with Crippen molar-refractivity contribution in [2.24, 2.45) is 5.41 Å². The van der Waals surface area contributed by atoms with Gasteiger partial charge < -0.3 is 9.80 Å². The molecule has 104 valence electrons. The summed E-state index contributed by atoms with van der Waals surface area (Å²) in [5, 5.41) is 0. The molecule has 1 spiro atoms.